The summed E-state index contributed by atoms with van der Waals surface area (Å²) in [5, 5.41) is 19.8. The highest BCUT2D eigenvalue weighted by molar-refractivity contribution is 5.89. The number of benzene rings is 1. The van der Waals surface area contributed by atoms with Crippen molar-refractivity contribution in [2.45, 2.75) is 25.9 Å². The summed E-state index contributed by atoms with van der Waals surface area (Å²) < 4.78 is 0. The van der Waals surface area contributed by atoms with Crippen molar-refractivity contribution in [1.29, 1.82) is 0 Å². The third-order valence-electron chi connectivity index (χ3n) is 3.71. The Kier molecular flexibility index (Phi) is 4.85. The molecule has 0 amide bonds. The van der Waals surface area contributed by atoms with Crippen LogP contribution in [0.4, 0.5) is 0 Å². The normalized spacial score (nSPS) is 16.0. The van der Waals surface area contributed by atoms with E-state index in [2.05, 4.69) is 11.8 Å². The van der Waals surface area contributed by atoms with Gasteiger partial charge in [-0.05, 0) is 12.5 Å². The van der Waals surface area contributed by atoms with Crippen LogP contribution in [0.25, 0.3) is 0 Å². The lowest BCUT2D eigenvalue weighted by molar-refractivity contribution is 0.0690. The number of aliphatic hydroxyl groups excluding tert-OH is 1. The van der Waals surface area contributed by atoms with E-state index in [1.165, 1.54) is 6.07 Å². The van der Waals surface area contributed by atoms with Crippen molar-refractivity contribution >= 4 is 5.97 Å². The van der Waals surface area contributed by atoms with Gasteiger partial charge in [0.2, 0.25) is 0 Å². The first-order chi connectivity index (χ1) is 10.0. The molecule has 1 aliphatic rings. The van der Waals surface area contributed by atoms with E-state index in [9.17, 15) is 15.0 Å². The van der Waals surface area contributed by atoms with Crippen molar-refractivity contribution in [2.75, 3.05) is 20.3 Å². The second-order valence-electron chi connectivity index (χ2n) is 5.35. The third-order valence-corrected chi connectivity index (χ3v) is 3.71. The predicted molar refractivity (Wildman–Crippen MR) is 80.7 cm³/mol. The molecule has 1 aromatic rings. The first-order valence-corrected chi connectivity index (χ1v) is 7.21. The van der Waals surface area contributed by atoms with Crippen LogP contribution in [0, 0.1) is 0 Å². The molecule has 0 spiro atoms. The van der Waals surface area contributed by atoms with E-state index in [1.54, 1.807) is 18.2 Å². The van der Waals surface area contributed by atoms with Crippen molar-refractivity contribution in [2.24, 2.45) is 0 Å². The maximum absolute atomic E-state index is 11.3. The molecule has 1 aromatic carbocycles. The number of carboxylic acid groups (broad SMARTS) is 1. The minimum atomic E-state index is -1.02. The van der Waals surface area contributed by atoms with Crippen molar-refractivity contribution in [3.63, 3.8) is 0 Å². The van der Waals surface area contributed by atoms with Crippen molar-refractivity contribution in [1.82, 2.24) is 9.80 Å². The zero-order chi connectivity index (χ0) is 15.4. The molecular formula is C16H22N2O3. The zero-order valence-electron chi connectivity index (χ0n) is 12.5. The molecule has 2 N–H and O–H groups in total. The molecule has 0 aliphatic carbocycles. The fourth-order valence-electron chi connectivity index (χ4n) is 2.55. The average molecular weight is 290 g/mol. The van der Waals surface area contributed by atoms with Crippen molar-refractivity contribution in [3.05, 3.63) is 47.3 Å². The maximum atomic E-state index is 11.3. The first kappa shape index (κ1) is 15.4. The number of carboxylic acids is 1. The minimum Gasteiger partial charge on any atom is -0.478 e. The van der Waals surface area contributed by atoms with E-state index < -0.39 is 12.1 Å². The smallest absolute Gasteiger partial charge is 0.336 e. The fraction of sp³-hybridized carbons (Fsp3) is 0.438. The number of carbonyl (C=O) groups is 1. The number of hydrogen-bond acceptors (Lipinski definition) is 4. The Morgan fingerprint density at radius 3 is 2.76 bits per heavy atom. The molecule has 114 valence electrons. The number of rotatable bonds is 6. The number of aliphatic hydroxyl groups is 1. The molecule has 1 aliphatic heterocycles. The highest BCUT2D eigenvalue weighted by Crippen LogP contribution is 2.30. The molecule has 2 rings (SSSR count). The van der Waals surface area contributed by atoms with Crippen LogP contribution in [0.3, 0.4) is 0 Å². The zero-order valence-corrected chi connectivity index (χ0v) is 12.5. The summed E-state index contributed by atoms with van der Waals surface area (Å²) in [5.74, 6) is -1.02. The van der Waals surface area contributed by atoms with Gasteiger partial charge in [-0.3, -0.25) is 0 Å². The number of likely N-dealkylation sites (N-methyl/N-ethyl adjacent to an activating group) is 1. The fourth-order valence-corrected chi connectivity index (χ4v) is 2.55. The average Bonchev–Trinajstić information content (AvgIpc) is 2.85. The van der Waals surface area contributed by atoms with Gasteiger partial charge < -0.3 is 20.0 Å². The van der Waals surface area contributed by atoms with E-state index in [-0.39, 0.29) is 5.56 Å². The van der Waals surface area contributed by atoms with E-state index in [1.807, 2.05) is 18.1 Å². The SMILES string of the molecule is CCCCN1C=C(C(O)c2ccccc2C(=O)O)N(C)C1. The van der Waals surface area contributed by atoms with Crippen LogP contribution in [0.1, 0.15) is 41.8 Å². The Labute approximate surface area is 125 Å². The van der Waals surface area contributed by atoms with Gasteiger partial charge in [-0.25, -0.2) is 4.79 Å². The van der Waals surface area contributed by atoms with Gasteiger partial charge in [0.05, 0.1) is 17.9 Å². The number of aromatic carboxylic acids is 1. The maximum Gasteiger partial charge on any atom is 0.336 e. The molecule has 1 heterocycles. The van der Waals surface area contributed by atoms with Crippen molar-refractivity contribution < 1.29 is 15.0 Å². The highest BCUT2D eigenvalue weighted by Gasteiger charge is 2.27. The molecule has 5 nitrogen and oxygen atoms in total. The van der Waals surface area contributed by atoms with Crippen molar-refractivity contribution in [3.8, 4) is 0 Å². The molecule has 0 aromatic heterocycles. The Morgan fingerprint density at radius 1 is 1.38 bits per heavy atom. The summed E-state index contributed by atoms with van der Waals surface area (Å²) >= 11 is 0. The van der Waals surface area contributed by atoms with E-state index in [0.29, 0.717) is 5.56 Å². The lowest BCUT2D eigenvalue weighted by Gasteiger charge is -2.22. The lowest BCUT2D eigenvalue weighted by Crippen LogP contribution is -2.25. The van der Waals surface area contributed by atoms with Gasteiger partial charge in [0, 0.05) is 25.4 Å². The van der Waals surface area contributed by atoms with Crippen LogP contribution >= 0.6 is 0 Å². The van der Waals surface area contributed by atoms with Gasteiger partial charge >= 0.3 is 5.97 Å². The Morgan fingerprint density at radius 2 is 2.10 bits per heavy atom. The Hall–Kier alpha value is -2.01. The second-order valence-corrected chi connectivity index (χ2v) is 5.35. The molecule has 1 unspecified atom stereocenters. The van der Waals surface area contributed by atoms with Gasteiger partial charge in [-0.2, -0.15) is 0 Å². The molecule has 0 fully saturated rings. The number of unbranched alkanes of at least 4 members (excludes halogenated alkanes) is 1. The van der Waals surface area contributed by atoms with Crippen LogP contribution in [0.2, 0.25) is 0 Å². The molecule has 0 saturated carbocycles. The lowest BCUT2D eigenvalue weighted by atomic mass is 10.0. The largest absolute Gasteiger partial charge is 0.478 e. The van der Waals surface area contributed by atoms with Gasteiger partial charge in [0.25, 0.3) is 0 Å². The van der Waals surface area contributed by atoms with Crippen LogP contribution in [-0.2, 0) is 0 Å². The van der Waals surface area contributed by atoms with Crippen LogP contribution < -0.4 is 0 Å². The van der Waals surface area contributed by atoms with Crippen LogP contribution in [-0.4, -0.2) is 46.2 Å². The summed E-state index contributed by atoms with van der Waals surface area (Å²) in [6, 6.07) is 6.60. The Bertz CT molecular complexity index is 542. The molecule has 21 heavy (non-hydrogen) atoms. The standard InChI is InChI=1S/C16H22N2O3/c1-3-4-9-18-10-14(17(2)11-18)15(19)12-7-5-6-8-13(12)16(20)21/h5-8,10,15,19H,3-4,9,11H2,1-2H3,(H,20,21). The molecule has 0 radical (unpaired) electrons. The summed E-state index contributed by atoms with van der Waals surface area (Å²) in [7, 11) is 1.91. The number of hydrogen-bond donors (Lipinski definition) is 2. The molecule has 1 atom stereocenters. The van der Waals surface area contributed by atoms with E-state index >= 15 is 0 Å². The Balaban J connectivity index is 2.23. The summed E-state index contributed by atoms with van der Waals surface area (Å²) in [5.41, 5.74) is 1.31. The van der Waals surface area contributed by atoms with Gasteiger partial charge in [-0.15, -0.1) is 0 Å². The molecule has 0 bridgehead atoms. The predicted octanol–water partition coefficient (Wildman–Crippen LogP) is 2.26. The molecule has 5 heteroatoms. The number of nitrogens with zero attached hydrogens (tertiary/aromatic N) is 2. The third kappa shape index (κ3) is 3.36. The van der Waals surface area contributed by atoms with Gasteiger partial charge in [0.15, 0.2) is 0 Å². The minimum absolute atomic E-state index is 0.145. The van der Waals surface area contributed by atoms with Gasteiger partial charge in [0.1, 0.15) is 6.10 Å². The second kappa shape index (κ2) is 6.63. The molecule has 0 saturated heterocycles. The van der Waals surface area contributed by atoms with Crippen LogP contribution in [0.15, 0.2) is 36.2 Å². The molecular weight excluding hydrogens is 268 g/mol. The van der Waals surface area contributed by atoms with E-state index in [4.69, 9.17) is 0 Å². The summed E-state index contributed by atoms with van der Waals surface area (Å²) in [4.78, 5) is 15.4. The summed E-state index contributed by atoms with van der Waals surface area (Å²) in [6.07, 6.45) is 3.22. The first-order valence-electron chi connectivity index (χ1n) is 7.21. The highest BCUT2D eigenvalue weighted by atomic mass is 16.4. The topological polar surface area (TPSA) is 64.0 Å². The van der Waals surface area contributed by atoms with E-state index in [0.717, 1.165) is 31.8 Å². The quantitative estimate of drug-likeness (QED) is 0.841. The summed E-state index contributed by atoms with van der Waals surface area (Å²) in [6.45, 7) is 3.81. The van der Waals surface area contributed by atoms with Crippen LogP contribution in [0.5, 0.6) is 0 Å². The monoisotopic (exact) mass is 290 g/mol. The van der Waals surface area contributed by atoms with Gasteiger partial charge in [-0.1, -0.05) is 31.5 Å².